The standard InChI is InChI=1S/C37H42N2O4/c1-3-5-7-9-23-37(24-10-8-6-4-2,31-15-19-33(20-16-31)42-35(40)29-13-11-25-38-27-29)32-17-21-34(22-18-32)43-36(41)30-14-12-26-39-28-30/h11-22,25-28H,3-10,23-24H2,1-2H3. The van der Waals surface area contributed by atoms with E-state index >= 15 is 0 Å². The van der Waals surface area contributed by atoms with E-state index < -0.39 is 11.9 Å². The number of hydrogen-bond donors (Lipinski definition) is 0. The number of rotatable bonds is 16. The number of nitrogens with zero attached hydrogens (tertiary/aromatic N) is 2. The van der Waals surface area contributed by atoms with E-state index in [-0.39, 0.29) is 5.41 Å². The molecule has 0 radical (unpaired) electrons. The molecule has 2 aromatic carbocycles. The highest BCUT2D eigenvalue weighted by molar-refractivity contribution is 5.91. The number of aromatic nitrogens is 2. The number of carbonyl (C=O) groups excluding carboxylic acids is 2. The molecule has 43 heavy (non-hydrogen) atoms. The maximum absolute atomic E-state index is 12.6. The van der Waals surface area contributed by atoms with Crippen LogP contribution in [0.15, 0.2) is 97.6 Å². The average molecular weight is 579 g/mol. The minimum Gasteiger partial charge on any atom is -0.423 e. The van der Waals surface area contributed by atoms with Gasteiger partial charge in [-0.2, -0.15) is 0 Å². The van der Waals surface area contributed by atoms with E-state index in [9.17, 15) is 9.59 Å². The van der Waals surface area contributed by atoms with Gasteiger partial charge < -0.3 is 9.47 Å². The SMILES string of the molecule is CCCCCCC(CCCCCC)(c1ccc(OC(=O)c2cccnc2)cc1)c1ccc(OC(=O)c2cccnc2)cc1. The third kappa shape index (κ3) is 8.84. The normalized spacial score (nSPS) is 11.2. The Labute approximate surface area is 255 Å². The Balaban J connectivity index is 1.62. The molecule has 2 aromatic heterocycles. The summed E-state index contributed by atoms with van der Waals surface area (Å²) in [6.07, 6.45) is 17.6. The second kappa shape index (κ2) is 16.4. The number of ether oxygens (including phenoxy) is 2. The molecule has 0 fully saturated rings. The molecule has 0 aliphatic carbocycles. The van der Waals surface area contributed by atoms with Gasteiger partial charge in [0.25, 0.3) is 0 Å². The second-order valence-corrected chi connectivity index (χ2v) is 11.0. The minimum absolute atomic E-state index is 0.223. The first-order chi connectivity index (χ1) is 21.1. The van der Waals surface area contributed by atoms with Crippen molar-refractivity contribution in [2.75, 3.05) is 0 Å². The number of benzene rings is 2. The van der Waals surface area contributed by atoms with E-state index in [1.54, 1.807) is 36.7 Å². The molecule has 2 heterocycles. The molecule has 0 N–H and O–H groups in total. The van der Waals surface area contributed by atoms with E-state index in [1.165, 1.54) is 62.0 Å². The summed E-state index contributed by atoms with van der Waals surface area (Å²) in [5.41, 5.74) is 3.00. The Morgan fingerprint density at radius 2 is 1.00 bits per heavy atom. The molecule has 0 amide bonds. The van der Waals surface area contributed by atoms with Crippen molar-refractivity contribution in [1.82, 2.24) is 9.97 Å². The van der Waals surface area contributed by atoms with Crippen LogP contribution in [0.5, 0.6) is 11.5 Å². The van der Waals surface area contributed by atoms with Crippen LogP contribution in [0.2, 0.25) is 0 Å². The summed E-state index contributed by atoms with van der Waals surface area (Å²) < 4.78 is 11.3. The third-order valence-corrected chi connectivity index (χ3v) is 7.94. The fourth-order valence-electron chi connectivity index (χ4n) is 5.56. The summed E-state index contributed by atoms with van der Waals surface area (Å²) in [6, 6.07) is 22.8. The van der Waals surface area contributed by atoms with Crippen LogP contribution in [0, 0.1) is 0 Å². The molecular weight excluding hydrogens is 536 g/mol. The van der Waals surface area contributed by atoms with E-state index in [4.69, 9.17) is 9.47 Å². The number of pyridine rings is 2. The van der Waals surface area contributed by atoms with Gasteiger partial charge in [-0.15, -0.1) is 0 Å². The molecule has 4 rings (SSSR count). The van der Waals surface area contributed by atoms with Crippen LogP contribution in [0.4, 0.5) is 0 Å². The van der Waals surface area contributed by atoms with Gasteiger partial charge in [-0.1, -0.05) is 89.5 Å². The largest absolute Gasteiger partial charge is 0.423 e. The summed E-state index contributed by atoms with van der Waals surface area (Å²) in [5, 5.41) is 0. The van der Waals surface area contributed by atoms with Crippen LogP contribution in [-0.4, -0.2) is 21.9 Å². The first-order valence-corrected chi connectivity index (χ1v) is 15.5. The molecule has 0 atom stereocenters. The van der Waals surface area contributed by atoms with E-state index in [0.717, 1.165) is 25.7 Å². The molecule has 6 nitrogen and oxygen atoms in total. The summed E-state index contributed by atoms with van der Waals surface area (Å²) in [7, 11) is 0. The van der Waals surface area contributed by atoms with Gasteiger partial charge >= 0.3 is 11.9 Å². The van der Waals surface area contributed by atoms with Crippen molar-refractivity contribution in [3.8, 4) is 11.5 Å². The predicted molar refractivity (Wildman–Crippen MR) is 170 cm³/mol. The molecule has 0 spiro atoms. The quantitative estimate of drug-likeness (QED) is 0.0749. The van der Waals surface area contributed by atoms with Crippen molar-refractivity contribution < 1.29 is 19.1 Å². The van der Waals surface area contributed by atoms with Crippen molar-refractivity contribution in [2.24, 2.45) is 0 Å². The molecule has 0 aliphatic rings. The van der Waals surface area contributed by atoms with Gasteiger partial charge in [0.2, 0.25) is 0 Å². The molecule has 0 bridgehead atoms. The Morgan fingerprint density at radius 3 is 1.35 bits per heavy atom. The van der Waals surface area contributed by atoms with Crippen molar-refractivity contribution in [3.05, 3.63) is 120 Å². The first kappa shape index (κ1) is 31.6. The Hall–Kier alpha value is -4.32. The van der Waals surface area contributed by atoms with Crippen molar-refractivity contribution in [1.29, 1.82) is 0 Å². The smallest absolute Gasteiger partial charge is 0.345 e. The van der Waals surface area contributed by atoms with Gasteiger partial charge in [-0.3, -0.25) is 9.97 Å². The maximum atomic E-state index is 12.6. The molecule has 0 saturated heterocycles. The van der Waals surface area contributed by atoms with Crippen LogP contribution in [-0.2, 0) is 5.41 Å². The lowest BCUT2D eigenvalue weighted by atomic mass is 9.68. The number of hydrogen-bond acceptors (Lipinski definition) is 6. The topological polar surface area (TPSA) is 78.4 Å². The fraction of sp³-hybridized carbons (Fsp3) is 0.351. The predicted octanol–water partition coefficient (Wildman–Crippen LogP) is 9.14. The van der Waals surface area contributed by atoms with Gasteiger partial charge in [0.05, 0.1) is 11.1 Å². The zero-order chi connectivity index (χ0) is 30.3. The average Bonchev–Trinajstić information content (AvgIpc) is 3.06. The van der Waals surface area contributed by atoms with Gasteiger partial charge in [-0.25, -0.2) is 9.59 Å². The Bertz CT molecular complexity index is 1290. The minimum atomic E-state index is -0.428. The van der Waals surface area contributed by atoms with Crippen LogP contribution in [0.1, 0.15) is 110 Å². The second-order valence-electron chi connectivity index (χ2n) is 11.0. The van der Waals surface area contributed by atoms with E-state index in [1.807, 2.05) is 24.3 Å². The summed E-state index contributed by atoms with van der Waals surface area (Å²) in [5.74, 6) is 0.146. The van der Waals surface area contributed by atoms with Crippen LogP contribution in [0.3, 0.4) is 0 Å². The highest BCUT2D eigenvalue weighted by atomic mass is 16.5. The van der Waals surface area contributed by atoms with Gasteiger partial charge in [0.1, 0.15) is 11.5 Å². The maximum Gasteiger partial charge on any atom is 0.345 e. The summed E-state index contributed by atoms with van der Waals surface area (Å²) in [4.78, 5) is 33.3. The highest BCUT2D eigenvalue weighted by Gasteiger charge is 2.33. The lowest BCUT2D eigenvalue weighted by molar-refractivity contribution is 0.0724. The monoisotopic (exact) mass is 578 g/mol. The van der Waals surface area contributed by atoms with Crippen molar-refractivity contribution in [3.63, 3.8) is 0 Å². The molecule has 0 unspecified atom stereocenters. The van der Waals surface area contributed by atoms with E-state index in [0.29, 0.717) is 22.6 Å². The first-order valence-electron chi connectivity index (χ1n) is 15.5. The Kier molecular flexibility index (Phi) is 12.0. The Morgan fingerprint density at radius 1 is 0.581 bits per heavy atom. The molecule has 0 aliphatic heterocycles. The van der Waals surface area contributed by atoms with Gasteiger partial charge in [0.15, 0.2) is 0 Å². The zero-order valence-electron chi connectivity index (χ0n) is 25.3. The molecule has 6 heteroatoms. The highest BCUT2D eigenvalue weighted by Crippen LogP contribution is 2.43. The molecule has 224 valence electrons. The van der Waals surface area contributed by atoms with Gasteiger partial charge in [-0.05, 0) is 72.5 Å². The van der Waals surface area contributed by atoms with Crippen molar-refractivity contribution in [2.45, 2.75) is 83.5 Å². The third-order valence-electron chi connectivity index (χ3n) is 7.94. The molecular formula is C37H42N2O4. The number of carbonyl (C=O) groups is 2. The van der Waals surface area contributed by atoms with Gasteiger partial charge in [0, 0.05) is 30.2 Å². The number of unbranched alkanes of at least 4 members (excludes halogenated alkanes) is 6. The van der Waals surface area contributed by atoms with Crippen LogP contribution in [0.25, 0.3) is 0 Å². The molecule has 4 aromatic rings. The lowest BCUT2D eigenvalue weighted by Gasteiger charge is -2.36. The summed E-state index contributed by atoms with van der Waals surface area (Å²) >= 11 is 0. The van der Waals surface area contributed by atoms with Crippen LogP contribution >= 0.6 is 0 Å². The van der Waals surface area contributed by atoms with E-state index in [2.05, 4.69) is 48.1 Å². The number of esters is 2. The zero-order valence-corrected chi connectivity index (χ0v) is 25.3. The molecule has 0 saturated carbocycles. The lowest BCUT2D eigenvalue weighted by Crippen LogP contribution is -2.28. The summed E-state index contributed by atoms with van der Waals surface area (Å²) in [6.45, 7) is 4.46. The fourth-order valence-corrected chi connectivity index (χ4v) is 5.56. The van der Waals surface area contributed by atoms with Crippen LogP contribution < -0.4 is 9.47 Å². The van der Waals surface area contributed by atoms with Crippen molar-refractivity contribution >= 4 is 11.9 Å².